The zero-order valence-electron chi connectivity index (χ0n) is 19.4. The Balaban J connectivity index is 1.17. The van der Waals surface area contributed by atoms with Gasteiger partial charge in [0, 0.05) is 48.4 Å². The number of carbonyl (C=O) groups is 1. The first-order valence-corrected chi connectivity index (χ1v) is 12.6. The number of anilines is 1. The summed E-state index contributed by atoms with van der Waals surface area (Å²) in [6, 6.07) is 11.0. The number of hydrogen-bond acceptors (Lipinski definition) is 8. The fourth-order valence-corrected chi connectivity index (χ4v) is 5.39. The lowest BCUT2D eigenvalue weighted by Gasteiger charge is -2.36. The maximum absolute atomic E-state index is 15.0. The van der Waals surface area contributed by atoms with Crippen molar-refractivity contribution in [2.45, 2.75) is 36.2 Å². The molecule has 2 aliphatic heterocycles. The number of β-amino-alcohol motifs (C(OH)–C–C–N with tert-alkyl or cyclic N) is 1. The summed E-state index contributed by atoms with van der Waals surface area (Å²) in [5, 5.41) is 17.2. The lowest BCUT2D eigenvalue weighted by molar-refractivity contribution is -0.113. The second-order valence-corrected chi connectivity index (χ2v) is 9.87. The number of amides is 1. The molecule has 3 atom stereocenters. The van der Waals surface area contributed by atoms with E-state index in [-0.39, 0.29) is 18.5 Å². The number of rotatable bonds is 7. The van der Waals surface area contributed by atoms with Gasteiger partial charge in [-0.05, 0) is 42.8 Å². The third-order valence-corrected chi connectivity index (χ3v) is 7.53. The largest absolute Gasteiger partial charge is 0.481 e. The average molecular weight is 498 g/mol. The number of benzene rings is 1. The van der Waals surface area contributed by atoms with Gasteiger partial charge in [0.1, 0.15) is 6.17 Å². The molecule has 10 heteroatoms. The van der Waals surface area contributed by atoms with Crippen LogP contribution in [-0.2, 0) is 11.3 Å². The van der Waals surface area contributed by atoms with Crippen molar-refractivity contribution in [1.29, 1.82) is 0 Å². The molecular formula is C25H28FN5O3S. The number of aromatic nitrogens is 2. The molecule has 0 aliphatic carbocycles. The molecule has 0 saturated carbocycles. The van der Waals surface area contributed by atoms with Gasteiger partial charge >= 0.3 is 0 Å². The minimum absolute atomic E-state index is 0.000623. The lowest BCUT2D eigenvalue weighted by Crippen LogP contribution is -2.51. The molecule has 1 amide bonds. The van der Waals surface area contributed by atoms with Crippen molar-refractivity contribution >= 4 is 34.4 Å². The predicted molar refractivity (Wildman–Crippen MR) is 133 cm³/mol. The standard InChI is InChI=1S/C25H28FN5O3S/c1-34-24-5-3-19-25(30-24)16(6-8-27-19)21(32)13-31-9-7-18(17(26)12-31)28-11-15-2-4-22-20(10-15)29-23(33)14-35-22/h2-6,8,10,17-18,21,28,32H,7,9,11-14H2,1H3,(H,29,33)/t17-,18+,21-/m0/s1. The summed E-state index contributed by atoms with van der Waals surface area (Å²) < 4.78 is 20.3. The Labute approximate surface area is 207 Å². The van der Waals surface area contributed by atoms with Gasteiger partial charge in [0.15, 0.2) is 0 Å². The van der Waals surface area contributed by atoms with Crippen LogP contribution in [0.15, 0.2) is 47.5 Å². The predicted octanol–water partition coefficient (Wildman–Crippen LogP) is 2.92. The molecule has 5 rings (SSSR count). The topological polar surface area (TPSA) is 99.6 Å². The third-order valence-electron chi connectivity index (χ3n) is 6.46. The van der Waals surface area contributed by atoms with Crippen molar-refractivity contribution < 1.29 is 19.0 Å². The van der Waals surface area contributed by atoms with Gasteiger partial charge in [-0.3, -0.25) is 14.7 Å². The smallest absolute Gasteiger partial charge is 0.234 e. The Hall–Kier alpha value is -2.79. The quantitative estimate of drug-likeness (QED) is 0.458. The first-order valence-electron chi connectivity index (χ1n) is 11.6. The van der Waals surface area contributed by atoms with E-state index in [0.717, 1.165) is 16.1 Å². The zero-order chi connectivity index (χ0) is 24.4. The molecular weight excluding hydrogens is 469 g/mol. The fourth-order valence-electron chi connectivity index (χ4n) is 4.61. The van der Waals surface area contributed by atoms with Crippen molar-refractivity contribution in [2.24, 2.45) is 0 Å². The van der Waals surface area contributed by atoms with Crippen LogP contribution in [0.25, 0.3) is 11.0 Å². The molecule has 184 valence electrons. The SMILES string of the molecule is COc1ccc2nccc([C@@H](O)CN3CC[C@@H](NCc4ccc5c(c4)NC(=O)CS5)[C@@H](F)C3)c2n1. The molecule has 1 aromatic carbocycles. The van der Waals surface area contributed by atoms with Crippen LogP contribution in [0.1, 0.15) is 23.7 Å². The van der Waals surface area contributed by atoms with Crippen LogP contribution in [0.4, 0.5) is 10.1 Å². The highest BCUT2D eigenvalue weighted by Crippen LogP contribution is 2.32. The lowest BCUT2D eigenvalue weighted by atomic mass is 10.0. The number of halogens is 1. The molecule has 2 aliphatic rings. The summed E-state index contributed by atoms with van der Waals surface area (Å²) in [6.07, 6.45) is 0.402. The summed E-state index contributed by atoms with van der Waals surface area (Å²) in [5.74, 6) is 0.888. The van der Waals surface area contributed by atoms with E-state index < -0.39 is 12.3 Å². The second kappa shape index (κ2) is 10.4. The van der Waals surface area contributed by atoms with E-state index in [1.165, 1.54) is 11.8 Å². The Morgan fingerprint density at radius 3 is 3.06 bits per heavy atom. The fraction of sp³-hybridized carbons (Fsp3) is 0.400. The molecule has 2 aromatic heterocycles. The van der Waals surface area contributed by atoms with E-state index in [0.29, 0.717) is 54.3 Å². The normalized spacial score (nSPS) is 21.4. The van der Waals surface area contributed by atoms with Gasteiger partial charge in [0.05, 0.1) is 35.7 Å². The van der Waals surface area contributed by atoms with E-state index in [4.69, 9.17) is 4.74 Å². The highest BCUT2D eigenvalue weighted by Gasteiger charge is 2.30. The highest BCUT2D eigenvalue weighted by atomic mass is 32.2. The zero-order valence-corrected chi connectivity index (χ0v) is 20.2. The van der Waals surface area contributed by atoms with Gasteiger partial charge in [0.2, 0.25) is 11.8 Å². The minimum Gasteiger partial charge on any atom is -0.481 e. The molecule has 0 bridgehead atoms. The van der Waals surface area contributed by atoms with E-state index in [2.05, 4.69) is 20.6 Å². The van der Waals surface area contributed by atoms with Crippen molar-refractivity contribution in [2.75, 3.05) is 37.8 Å². The van der Waals surface area contributed by atoms with Crippen molar-refractivity contribution in [3.05, 3.63) is 53.7 Å². The number of hydrogen-bond donors (Lipinski definition) is 3. The number of likely N-dealkylation sites (tertiary alicyclic amines) is 1. The highest BCUT2D eigenvalue weighted by molar-refractivity contribution is 8.00. The van der Waals surface area contributed by atoms with Crippen molar-refractivity contribution in [1.82, 2.24) is 20.2 Å². The molecule has 0 unspecified atom stereocenters. The summed E-state index contributed by atoms with van der Waals surface area (Å²) in [7, 11) is 1.54. The van der Waals surface area contributed by atoms with Crippen LogP contribution in [0.5, 0.6) is 5.88 Å². The Morgan fingerprint density at radius 2 is 2.23 bits per heavy atom. The first kappa shape index (κ1) is 23.9. The summed E-state index contributed by atoms with van der Waals surface area (Å²) in [4.78, 5) is 23.4. The second-order valence-electron chi connectivity index (χ2n) is 8.86. The van der Waals surface area contributed by atoms with Gasteiger partial charge in [-0.15, -0.1) is 11.8 Å². The third kappa shape index (κ3) is 5.40. The number of nitrogens with one attached hydrogen (secondary N) is 2. The number of pyridine rings is 2. The van der Waals surface area contributed by atoms with Gasteiger partial charge in [0.25, 0.3) is 0 Å². The molecule has 1 fully saturated rings. The van der Waals surface area contributed by atoms with Gasteiger partial charge in [-0.25, -0.2) is 9.37 Å². The number of nitrogens with zero attached hydrogens (tertiary/aromatic N) is 3. The Kier molecular flexibility index (Phi) is 7.14. The number of aliphatic hydroxyl groups is 1. The number of thioether (sulfide) groups is 1. The van der Waals surface area contributed by atoms with Crippen LogP contribution in [0.2, 0.25) is 0 Å². The maximum Gasteiger partial charge on any atom is 0.234 e. The van der Waals surface area contributed by atoms with E-state index in [1.807, 2.05) is 29.2 Å². The molecule has 4 heterocycles. The van der Waals surface area contributed by atoms with Crippen LogP contribution in [0.3, 0.4) is 0 Å². The van der Waals surface area contributed by atoms with Crippen LogP contribution in [0, 0.1) is 0 Å². The van der Waals surface area contributed by atoms with Gasteiger partial charge in [-0.1, -0.05) is 6.07 Å². The molecule has 35 heavy (non-hydrogen) atoms. The minimum atomic E-state index is -1.06. The molecule has 3 N–H and O–H groups in total. The van der Waals surface area contributed by atoms with Gasteiger partial charge < -0.3 is 20.5 Å². The molecule has 8 nitrogen and oxygen atoms in total. The first-order chi connectivity index (χ1) is 17.0. The number of ether oxygens (including phenoxy) is 1. The van der Waals surface area contributed by atoms with Crippen molar-refractivity contribution in [3.63, 3.8) is 0 Å². The number of alkyl halides is 1. The van der Waals surface area contributed by atoms with E-state index in [9.17, 15) is 9.90 Å². The van der Waals surface area contributed by atoms with E-state index in [1.54, 1.807) is 25.4 Å². The van der Waals surface area contributed by atoms with Gasteiger partial charge in [-0.2, -0.15) is 0 Å². The Morgan fingerprint density at radius 1 is 1.34 bits per heavy atom. The summed E-state index contributed by atoms with van der Waals surface area (Å²) in [5.41, 5.74) is 3.74. The monoisotopic (exact) mass is 497 g/mol. The molecule has 0 spiro atoms. The summed E-state index contributed by atoms with van der Waals surface area (Å²) >= 11 is 1.53. The molecule has 1 saturated heterocycles. The van der Waals surface area contributed by atoms with Crippen LogP contribution in [-0.4, -0.2) is 70.6 Å². The van der Waals surface area contributed by atoms with E-state index >= 15 is 4.39 Å². The number of fused-ring (bicyclic) bond motifs is 2. The van der Waals surface area contributed by atoms with Crippen molar-refractivity contribution in [3.8, 4) is 5.88 Å². The number of methoxy groups -OCH3 is 1. The molecule has 0 radical (unpaired) electrons. The average Bonchev–Trinajstić information content (AvgIpc) is 2.87. The van der Waals surface area contributed by atoms with Crippen LogP contribution >= 0.6 is 11.8 Å². The number of aliphatic hydroxyl groups excluding tert-OH is 1. The Bertz CT molecular complexity index is 1230. The van der Waals surface area contributed by atoms with Crippen LogP contribution < -0.4 is 15.4 Å². The molecule has 3 aromatic rings. The summed E-state index contributed by atoms with van der Waals surface area (Å²) in [6.45, 7) is 1.75. The number of carbonyl (C=O) groups excluding carboxylic acids is 1. The maximum atomic E-state index is 15.0. The number of piperidine rings is 1.